The number of benzene rings is 2. The number of carbonyl (C=O) groups is 1. The Balaban J connectivity index is 1.44. The number of anilines is 2. The fourth-order valence-electron chi connectivity index (χ4n) is 4.74. The average molecular weight is 510 g/mol. The summed E-state index contributed by atoms with van der Waals surface area (Å²) >= 11 is 0. The molecule has 5 rings (SSSR count). The van der Waals surface area contributed by atoms with Crippen LogP contribution in [0, 0.1) is 6.92 Å². The van der Waals surface area contributed by atoms with Crippen LogP contribution in [0.2, 0.25) is 0 Å². The second kappa shape index (κ2) is 10.4. The van der Waals surface area contributed by atoms with Crippen molar-refractivity contribution in [3.05, 3.63) is 70.8 Å². The number of amides is 1. The summed E-state index contributed by atoms with van der Waals surface area (Å²) < 4.78 is 39.5. The number of hydrogen-bond donors (Lipinski definition) is 2. The van der Waals surface area contributed by atoms with Crippen LogP contribution in [-0.4, -0.2) is 55.5 Å². The predicted molar refractivity (Wildman–Crippen MR) is 137 cm³/mol. The maximum absolute atomic E-state index is 14.2. The highest BCUT2D eigenvalue weighted by molar-refractivity contribution is 6.04. The number of fused-ring (bicyclic) bond motifs is 1. The SMILES string of the molecule is Cc1ccc(NC(=O)c2ccc3c(c2)C(F)(F)CC3)cc1-c1cc(OCCO)nc(N2CCOCC2)c1. The average Bonchev–Trinajstić information content (AvgIpc) is 3.22. The van der Waals surface area contributed by atoms with E-state index in [4.69, 9.17) is 9.47 Å². The minimum atomic E-state index is -2.90. The number of aliphatic hydroxyl groups excluding tert-OH is 1. The van der Waals surface area contributed by atoms with Gasteiger partial charge in [-0.2, -0.15) is 4.98 Å². The lowest BCUT2D eigenvalue weighted by atomic mass is 10.00. The molecular formula is C28H29F2N3O4. The quantitative estimate of drug-likeness (QED) is 0.486. The van der Waals surface area contributed by atoms with Gasteiger partial charge in [0, 0.05) is 42.4 Å². The van der Waals surface area contributed by atoms with E-state index in [1.54, 1.807) is 24.3 Å². The summed E-state index contributed by atoms with van der Waals surface area (Å²) in [5.41, 5.74) is 3.95. The lowest BCUT2D eigenvalue weighted by Gasteiger charge is -2.28. The van der Waals surface area contributed by atoms with Gasteiger partial charge >= 0.3 is 0 Å². The molecular weight excluding hydrogens is 480 g/mol. The van der Waals surface area contributed by atoms with Crippen molar-refractivity contribution in [3.63, 3.8) is 0 Å². The Morgan fingerprint density at radius 1 is 1.16 bits per heavy atom. The fraction of sp³-hybridized carbons (Fsp3) is 0.357. The van der Waals surface area contributed by atoms with Gasteiger partial charge in [-0.3, -0.25) is 4.79 Å². The van der Waals surface area contributed by atoms with Crippen molar-refractivity contribution in [3.8, 4) is 17.0 Å². The van der Waals surface area contributed by atoms with Gasteiger partial charge in [0.2, 0.25) is 5.88 Å². The zero-order chi connectivity index (χ0) is 26.0. The second-order valence-corrected chi connectivity index (χ2v) is 9.28. The summed E-state index contributed by atoms with van der Waals surface area (Å²) in [6.07, 6.45) is 0.0883. The topological polar surface area (TPSA) is 83.9 Å². The molecule has 0 atom stereocenters. The van der Waals surface area contributed by atoms with Crippen LogP contribution in [0.1, 0.15) is 33.5 Å². The van der Waals surface area contributed by atoms with Gasteiger partial charge in [-0.15, -0.1) is 0 Å². The maximum Gasteiger partial charge on any atom is 0.273 e. The van der Waals surface area contributed by atoms with E-state index in [1.165, 1.54) is 6.07 Å². The molecule has 2 aromatic carbocycles. The Kier molecular flexibility index (Phi) is 7.08. The number of aliphatic hydroxyl groups is 1. The summed E-state index contributed by atoms with van der Waals surface area (Å²) in [6.45, 7) is 4.56. The van der Waals surface area contributed by atoms with E-state index >= 15 is 0 Å². The van der Waals surface area contributed by atoms with E-state index in [-0.39, 0.29) is 30.8 Å². The summed E-state index contributed by atoms with van der Waals surface area (Å²) in [5, 5.41) is 12.1. The van der Waals surface area contributed by atoms with Gasteiger partial charge in [0.25, 0.3) is 11.8 Å². The molecule has 0 spiro atoms. The lowest BCUT2D eigenvalue weighted by molar-refractivity contribution is -0.00186. The van der Waals surface area contributed by atoms with E-state index in [1.807, 2.05) is 25.1 Å². The molecule has 3 aromatic rings. The van der Waals surface area contributed by atoms with E-state index in [0.29, 0.717) is 49.9 Å². The van der Waals surface area contributed by atoms with Crippen molar-refractivity contribution in [1.29, 1.82) is 0 Å². The van der Waals surface area contributed by atoms with Crippen LogP contribution in [-0.2, 0) is 17.1 Å². The molecule has 1 saturated heterocycles. The highest BCUT2D eigenvalue weighted by Crippen LogP contribution is 2.42. The zero-order valence-corrected chi connectivity index (χ0v) is 20.6. The molecule has 7 nitrogen and oxygen atoms in total. The van der Waals surface area contributed by atoms with Crippen LogP contribution in [0.25, 0.3) is 11.1 Å². The van der Waals surface area contributed by atoms with Crippen LogP contribution in [0.15, 0.2) is 48.5 Å². The third kappa shape index (κ3) is 5.42. The number of aryl methyl sites for hydroxylation is 2. The van der Waals surface area contributed by atoms with Gasteiger partial charge in [0.1, 0.15) is 12.4 Å². The summed E-state index contributed by atoms with van der Waals surface area (Å²) in [4.78, 5) is 19.7. The number of pyridine rings is 1. The molecule has 2 heterocycles. The summed E-state index contributed by atoms with van der Waals surface area (Å²) in [7, 11) is 0. The van der Waals surface area contributed by atoms with Crippen molar-refractivity contribution in [2.75, 3.05) is 49.7 Å². The number of nitrogens with zero attached hydrogens (tertiary/aromatic N) is 2. The van der Waals surface area contributed by atoms with Crippen molar-refractivity contribution in [2.45, 2.75) is 25.7 Å². The molecule has 0 saturated carbocycles. The number of halogens is 2. The third-order valence-corrected chi connectivity index (χ3v) is 6.75. The number of alkyl halides is 2. The number of ether oxygens (including phenoxy) is 2. The predicted octanol–water partition coefficient (Wildman–Crippen LogP) is 4.56. The lowest BCUT2D eigenvalue weighted by Crippen LogP contribution is -2.36. The largest absolute Gasteiger partial charge is 0.475 e. The van der Waals surface area contributed by atoms with E-state index in [9.17, 15) is 18.7 Å². The highest BCUT2D eigenvalue weighted by atomic mass is 19.3. The number of rotatable bonds is 7. The number of aromatic nitrogens is 1. The molecule has 1 amide bonds. The van der Waals surface area contributed by atoms with E-state index in [2.05, 4.69) is 15.2 Å². The molecule has 0 radical (unpaired) electrons. The minimum Gasteiger partial charge on any atom is -0.475 e. The molecule has 0 bridgehead atoms. The van der Waals surface area contributed by atoms with E-state index in [0.717, 1.165) is 22.5 Å². The van der Waals surface area contributed by atoms with Gasteiger partial charge in [0.15, 0.2) is 0 Å². The first-order chi connectivity index (χ1) is 17.8. The van der Waals surface area contributed by atoms with Crippen LogP contribution < -0.4 is 15.0 Å². The molecule has 1 aliphatic heterocycles. The Bertz CT molecular complexity index is 1310. The van der Waals surface area contributed by atoms with E-state index < -0.39 is 11.8 Å². The molecule has 2 aliphatic rings. The van der Waals surface area contributed by atoms with Gasteiger partial charge in [-0.05, 0) is 65.9 Å². The van der Waals surface area contributed by atoms with Gasteiger partial charge < -0.3 is 24.8 Å². The van der Waals surface area contributed by atoms with Crippen molar-refractivity contribution in [1.82, 2.24) is 4.98 Å². The Morgan fingerprint density at radius 3 is 2.76 bits per heavy atom. The number of nitrogens with one attached hydrogen (secondary N) is 1. The molecule has 1 fully saturated rings. The van der Waals surface area contributed by atoms with Gasteiger partial charge in [0.05, 0.1) is 19.8 Å². The number of hydrogen-bond acceptors (Lipinski definition) is 6. The smallest absolute Gasteiger partial charge is 0.273 e. The molecule has 0 unspecified atom stereocenters. The van der Waals surface area contributed by atoms with Crippen molar-refractivity contribution in [2.24, 2.45) is 0 Å². The van der Waals surface area contributed by atoms with Crippen LogP contribution in [0.3, 0.4) is 0 Å². The highest BCUT2D eigenvalue weighted by Gasteiger charge is 2.39. The molecule has 37 heavy (non-hydrogen) atoms. The standard InChI is InChI=1S/C28H29F2N3O4/c1-18-2-5-22(31-27(35)20-4-3-19-6-7-28(29,30)24(19)14-20)17-23(18)21-15-25(33-8-11-36-12-9-33)32-26(16-21)37-13-10-34/h2-5,14-17,34H,6-13H2,1H3,(H,31,35). The molecule has 1 aromatic heterocycles. The number of carbonyl (C=O) groups excluding carboxylic acids is 1. The van der Waals surface area contributed by atoms with Crippen molar-refractivity contribution < 1.29 is 28.2 Å². The van der Waals surface area contributed by atoms with Crippen LogP contribution >= 0.6 is 0 Å². The molecule has 9 heteroatoms. The Labute approximate surface area is 214 Å². The fourth-order valence-corrected chi connectivity index (χ4v) is 4.74. The molecule has 1 aliphatic carbocycles. The number of morpholine rings is 1. The Morgan fingerprint density at radius 2 is 1.97 bits per heavy atom. The van der Waals surface area contributed by atoms with Gasteiger partial charge in [-0.25, -0.2) is 8.78 Å². The van der Waals surface area contributed by atoms with Crippen LogP contribution in [0.5, 0.6) is 5.88 Å². The zero-order valence-electron chi connectivity index (χ0n) is 20.6. The van der Waals surface area contributed by atoms with Crippen LogP contribution in [0.4, 0.5) is 20.3 Å². The second-order valence-electron chi connectivity index (χ2n) is 9.28. The van der Waals surface area contributed by atoms with Crippen molar-refractivity contribution >= 4 is 17.4 Å². The third-order valence-electron chi connectivity index (χ3n) is 6.75. The first-order valence-electron chi connectivity index (χ1n) is 12.4. The monoisotopic (exact) mass is 509 g/mol. The van der Waals surface area contributed by atoms with Gasteiger partial charge in [-0.1, -0.05) is 12.1 Å². The first kappa shape index (κ1) is 25.1. The minimum absolute atomic E-state index is 0.0624. The maximum atomic E-state index is 14.2. The Hall–Kier alpha value is -3.56. The molecule has 194 valence electrons. The molecule has 2 N–H and O–H groups in total. The summed E-state index contributed by atoms with van der Waals surface area (Å²) in [6, 6.07) is 13.8. The first-order valence-corrected chi connectivity index (χ1v) is 12.4. The summed E-state index contributed by atoms with van der Waals surface area (Å²) in [5.74, 6) is -2.23. The normalized spacial score (nSPS) is 16.4.